The summed E-state index contributed by atoms with van der Waals surface area (Å²) in [6, 6.07) is 1.36. The number of hydrogen-bond acceptors (Lipinski definition) is 4. The van der Waals surface area contributed by atoms with E-state index >= 15 is 0 Å². The maximum absolute atomic E-state index is 12.1. The number of piperidine rings is 1. The number of carbonyl (C=O) groups is 1. The van der Waals surface area contributed by atoms with E-state index in [0.717, 1.165) is 39.0 Å². The average Bonchev–Trinajstić information content (AvgIpc) is 2.82. The molecule has 0 radical (unpaired) electrons. The Morgan fingerprint density at radius 1 is 1.12 bits per heavy atom. The van der Waals surface area contributed by atoms with Crippen LogP contribution in [0.4, 0.5) is 0 Å². The minimum Gasteiger partial charge on any atom is -0.373 e. The zero-order valence-electron chi connectivity index (χ0n) is 15.5. The lowest BCUT2D eigenvalue weighted by Crippen LogP contribution is -2.46. The number of ether oxygens (including phenoxy) is 1. The minimum absolute atomic E-state index is 0. The molecule has 3 saturated heterocycles. The van der Waals surface area contributed by atoms with Crippen molar-refractivity contribution in [1.29, 1.82) is 0 Å². The maximum atomic E-state index is 12.1. The van der Waals surface area contributed by atoms with E-state index in [-0.39, 0.29) is 30.7 Å². The summed E-state index contributed by atoms with van der Waals surface area (Å²) in [6.07, 6.45) is 7.38. The highest BCUT2D eigenvalue weighted by Gasteiger charge is 2.34. The largest absolute Gasteiger partial charge is 0.373 e. The number of halogens is 2. The van der Waals surface area contributed by atoms with Crippen molar-refractivity contribution in [1.82, 2.24) is 15.5 Å². The molecule has 7 heteroatoms. The van der Waals surface area contributed by atoms with E-state index in [1.807, 2.05) is 0 Å². The number of nitrogens with one attached hydrogen (secondary N) is 2. The van der Waals surface area contributed by atoms with Crippen LogP contribution in [0.3, 0.4) is 0 Å². The van der Waals surface area contributed by atoms with Crippen molar-refractivity contribution in [2.45, 2.75) is 76.7 Å². The molecule has 3 aliphatic rings. The summed E-state index contributed by atoms with van der Waals surface area (Å²) >= 11 is 0. The lowest BCUT2D eigenvalue weighted by Gasteiger charge is -2.35. The molecule has 1 amide bonds. The molecule has 0 aromatic rings. The molecule has 4 atom stereocenters. The van der Waals surface area contributed by atoms with Crippen LogP contribution < -0.4 is 10.6 Å². The Morgan fingerprint density at radius 3 is 2.32 bits per heavy atom. The Kier molecular flexibility index (Phi) is 10.0. The SMILES string of the molecule is CC1CN(CCCNC(=O)CC2CC3CCC(C2)N3)CC(C)O1.Cl.Cl. The number of morpholine rings is 1. The second kappa shape index (κ2) is 10.9. The highest BCUT2D eigenvalue weighted by molar-refractivity contribution is 5.85. The van der Waals surface area contributed by atoms with Gasteiger partial charge in [-0.2, -0.15) is 0 Å². The van der Waals surface area contributed by atoms with Crippen LogP contribution in [-0.4, -0.2) is 61.3 Å². The summed E-state index contributed by atoms with van der Waals surface area (Å²) in [5, 5.41) is 6.77. The number of fused-ring (bicyclic) bond motifs is 2. The van der Waals surface area contributed by atoms with Crippen LogP contribution in [-0.2, 0) is 9.53 Å². The molecule has 0 aromatic heterocycles. The van der Waals surface area contributed by atoms with Crippen molar-refractivity contribution in [3.05, 3.63) is 0 Å². The molecule has 3 fully saturated rings. The van der Waals surface area contributed by atoms with Crippen molar-refractivity contribution < 1.29 is 9.53 Å². The van der Waals surface area contributed by atoms with Gasteiger partial charge in [0, 0.05) is 44.7 Å². The van der Waals surface area contributed by atoms with E-state index in [4.69, 9.17) is 4.74 Å². The van der Waals surface area contributed by atoms with Gasteiger partial charge in [-0.25, -0.2) is 0 Å². The van der Waals surface area contributed by atoms with Crippen LogP contribution >= 0.6 is 24.8 Å². The molecule has 3 aliphatic heterocycles. The topological polar surface area (TPSA) is 53.6 Å². The first-order chi connectivity index (χ1) is 11.1. The number of hydrogen-bond donors (Lipinski definition) is 2. The first-order valence-corrected chi connectivity index (χ1v) is 9.49. The first-order valence-electron chi connectivity index (χ1n) is 9.49. The number of rotatable bonds is 6. The van der Waals surface area contributed by atoms with Gasteiger partial charge in [0.05, 0.1) is 12.2 Å². The summed E-state index contributed by atoms with van der Waals surface area (Å²) in [5.41, 5.74) is 0. The third-order valence-electron chi connectivity index (χ3n) is 5.51. The van der Waals surface area contributed by atoms with Crippen LogP contribution in [0.25, 0.3) is 0 Å². The Labute approximate surface area is 164 Å². The van der Waals surface area contributed by atoms with Gasteiger partial charge in [-0.05, 0) is 51.9 Å². The quantitative estimate of drug-likeness (QED) is 0.677. The smallest absolute Gasteiger partial charge is 0.220 e. The molecule has 0 aromatic carbocycles. The average molecular weight is 396 g/mol. The molecule has 3 heterocycles. The summed E-state index contributed by atoms with van der Waals surface area (Å²) in [5.74, 6) is 0.842. The Bertz CT molecular complexity index is 392. The lowest BCUT2D eigenvalue weighted by atomic mass is 9.89. The standard InChI is InChI=1S/C18H33N3O2.2ClH/c1-13-11-21(12-14(2)23-13)7-3-6-19-18(22)10-15-8-16-4-5-17(9-15)20-16;;/h13-17,20H,3-12H2,1-2H3,(H,19,22);2*1H. The molecule has 25 heavy (non-hydrogen) atoms. The second-order valence-corrected chi connectivity index (χ2v) is 7.90. The molecule has 148 valence electrons. The molecule has 2 N–H and O–H groups in total. The molecular formula is C18H35Cl2N3O2. The van der Waals surface area contributed by atoms with Crippen LogP contribution in [0.5, 0.6) is 0 Å². The lowest BCUT2D eigenvalue weighted by molar-refractivity contribution is -0.122. The molecule has 0 saturated carbocycles. The van der Waals surface area contributed by atoms with Crippen molar-refractivity contribution in [2.24, 2.45) is 5.92 Å². The Morgan fingerprint density at radius 2 is 1.72 bits per heavy atom. The highest BCUT2D eigenvalue weighted by Crippen LogP contribution is 2.32. The van der Waals surface area contributed by atoms with E-state index in [1.165, 1.54) is 25.7 Å². The van der Waals surface area contributed by atoms with Crippen LogP contribution in [0, 0.1) is 5.92 Å². The fourth-order valence-electron chi connectivity index (χ4n) is 4.67. The van der Waals surface area contributed by atoms with Crippen molar-refractivity contribution in [2.75, 3.05) is 26.2 Å². The maximum Gasteiger partial charge on any atom is 0.220 e. The van der Waals surface area contributed by atoms with Crippen LogP contribution in [0.1, 0.15) is 52.4 Å². The van der Waals surface area contributed by atoms with Crippen LogP contribution in [0.2, 0.25) is 0 Å². The zero-order valence-corrected chi connectivity index (χ0v) is 17.2. The van der Waals surface area contributed by atoms with Crippen LogP contribution in [0.15, 0.2) is 0 Å². The van der Waals surface area contributed by atoms with Gasteiger partial charge >= 0.3 is 0 Å². The summed E-state index contributed by atoms with van der Waals surface area (Å²) in [4.78, 5) is 14.6. The van der Waals surface area contributed by atoms with Gasteiger partial charge in [0.15, 0.2) is 0 Å². The molecule has 5 nitrogen and oxygen atoms in total. The van der Waals surface area contributed by atoms with E-state index < -0.39 is 0 Å². The predicted molar refractivity (Wildman–Crippen MR) is 106 cm³/mol. The highest BCUT2D eigenvalue weighted by atomic mass is 35.5. The van der Waals surface area contributed by atoms with Gasteiger partial charge in [-0.15, -0.1) is 24.8 Å². The third kappa shape index (κ3) is 7.22. The zero-order chi connectivity index (χ0) is 16.2. The van der Waals surface area contributed by atoms with E-state index in [2.05, 4.69) is 29.4 Å². The molecule has 0 aliphatic carbocycles. The van der Waals surface area contributed by atoms with Gasteiger partial charge in [0.2, 0.25) is 5.91 Å². The number of amides is 1. The fraction of sp³-hybridized carbons (Fsp3) is 0.944. The molecule has 2 bridgehead atoms. The van der Waals surface area contributed by atoms with Crippen molar-refractivity contribution in [3.63, 3.8) is 0 Å². The Balaban J connectivity index is 0.00000156. The number of carbonyl (C=O) groups excluding carboxylic acids is 1. The van der Waals surface area contributed by atoms with Gasteiger partial charge < -0.3 is 15.4 Å². The molecule has 0 spiro atoms. The summed E-state index contributed by atoms with van der Waals surface area (Å²) in [6.45, 7) is 8.14. The summed E-state index contributed by atoms with van der Waals surface area (Å²) < 4.78 is 5.75. The molecule has 4 unspecified atom stereocenters. The van der Waals surface area contributed by atoms with E-state index in [1.54, 1.807) is 0 Å². The minimum atomic E-state index is 0. The molecular weight excluding hydrogens is 361 g/mol. The van der Waals surface area contributed by atoms with E-state index in [0.29, 0.717) is 30.2 Å². The summed E-state index contributed by atoms with van der Waals surface area (Å²) in [7, 11) is 0. The molecule has 3 rings (SSSR count). The van der Waals surface area contributed by atoms with Crippen molar-refractivity contribution in [3.8, 4) is 0 Å². The van der Waals surface area contributed by atoms with Gasteiger partial charge in [0.25, 0.3) is 0 Å². The predicted octanol–water partition coefficient (Wildman–Crippen LogP) is 2.37. The van der Waals surface area contributed by atoms with Crippen molar-refractivity contribution >= 4 is 30.7 Å². The second-order valence-electron chi connectivity index (χ2n) is 7.90. The first kappa shape index (κ1) is 23.0. The van der Waals surface area contributed by atoms with Gasteiger partial charge in [-0.1, -0.05) is 0 Å². The van der Waals surface area contributed by atoms with Gasteiger partial charge in [-0.3, -0.25) is 9.69 Å². The monoisotopic (exact) mass is 395 g/mol. The fourth-order valence-corrected chi connectivity index (χ4v) is 4.67. The third-order valence-corrected chi connectivity index (χ3v) is 5.51. The van der Waals surface area contributed by atoms with Gasteiger partial charge in [0.1, 0.15) is 0 Å². The number of nitrogens with zero attached hydrogens (tertiary/aromatic N) is 1. The van der Waals surface area contributed by atoms with E-state index in [9.17, 15) is 4.79 Å². The normalized spacial score (nSPS) is 34.7. The Hall–Kier alpha value is -0.0700.